The van der Waals surface area contributed by atoms with Crippen molar-refractivity contribution < 1.29 is 19.1 Å². The van der Waals surface area contributed by atoms with E-state index in [1.54, 1.807) is 24.3 Å². The highest BCUT2D eigenvalue weighted by Gasteiger charge is 2.15. The monoisotopic (exact) mass is 365 g/mol. The van der Waals surface area contributed by atoms with Crippen LogP contribution in [-0.2, 0) is 4.79 Å². The van der Waals surface area contributed by atoms with Crippen LogP contribution in [0.1, 0.15) is 15.9 Å². The summed E-state index contributed by atoms with van der Waals surface area (Å²) < 4.78 is 10.8. The molecule has 0 unspecified atom stereocenters. The molecule has 27 heavy (non-hydrogen) atoms. The number of hydrogen-bond acceptors (Lipinski definition) is 5. The Morgan fingerprint density at radius 3 is 2.63 bits per heavy atom. The van der Waals surface area contributed by atoms with Gasteiger partial charge in [0.15, 0.2) is 11.5 Å². The van der Waals surface area contributed by atoms with E-state index in [2.05, 4.69) is 15.8 Å². The number of hydrazone groups is 1. The molecule has 0 aliphatic carbocycles. The second-order valence-corrected chi connectivity index (χ2v) is 5.62. The maximum Gasteiger partial charge on any atom is 0.259 e. The Labute approximate surface area is 156 Å². The van der Waals surface area contributed by atoms with Crippen molar-refractivity contribution in [1.29, 1.82) is 0 Å². The number of carbonyl (C=O) groups excluding carboxylic acids is 2. The molecule has 0 saturated carbocycles. The van der Waals surface area contributed by atoms with Crippen molar-refractivity contribution in [1.82, 2.24) is 10.7 Å². The van der Waals surface area contributed by atoms with E-state index in [1.807, 2.05) is 36.4 Å². The normalized spacial score (nSPS) is 12.9. The third-order valence-corrected chi connectivity index (χ3v) is 3.65. The molecule has 2 aromatic carbocycles. The van der Waals surface area contributed by atoms with Crippen molar-refractivity contribution in [3.8, 4) is 11.5 Å². The molecule has 1 heterocycles. The number of ether oxygens (including phenoxy) is 2. The Balaban J connectivity index is 1.43. The molecule has 0 aromatic heterocycles. The predicted molar refractivity (Wildman–Crippen MR) is 102 cm³/mol. The van der Waals surface area contributed by atoms with Gasteiger partial charge in [-0.05, 0) is 29.8 Å². The van der Waals surface area contributed by atoms with Crippen LogP contribution in [0.15, 0.2) is 59.7 Å². The summed E-state index contributed by atoms with van der Waals surface area (Å²) in [6.07, 6.45) is 5.04. The Kier molecular flexibility index (Phi) is 6.19. The average molecular weight is 365 g/mol. The van der Waals surface area contributed by atoms with Gasteiger partial charge >= 0.3 is 0 Å². The third-order valence-electron chi connectivity index (χ3n) is 3.65. The van der Waals surface area contributed by atoms with Gasteiger partial charge in [0.2, 0.25) is 0 Å². The van der Waals surface area contributed by atoms with Crippen LogP contribution >= 0.6 is 0 Å². The Morgan fingerprint density at radius 2 is 1.81 bits per heavy atom. The highest BCUT2D eigenvalue weighted by molar-refractivity contribution is 5.97. The number of hydrogen-bond donors (Lipinski definition) is 2. The summed E-state index contributed by atoms with van der Waals surface area (Å²) in [6.45, 7) is 0.740. The van der Waals surface area contributed by atoms with Crippen molar-refractivity contribution in [3.05, 3.63) is 65.7 Å². The maximum atomic E-state index is 12.1. The summed E-state index contributed by atoms with van der Waals surface area (Å²) in [5, 5.41) is 6.33. The van der Waals surface area contributed by atoms with Crippen LogP contribution in [0.2, 0.25) is 0 Å². The lowest BCUT2D eigenvalue weighted by Gasteiger charge is -2.18. The molecule has 7 heteroatoms. The topological polar surface area (TPSA) is 89.0 Å². The predicted octanol–water partition coefficient (Wildman–Crippen LogP) is 2.00. The van der Waals surface area contributed by atoms with Crippen LogP contribution in [0, 0.1) is 0 Å². The first-order valence-electron chi connectivity index (χ1n) is 8.44. The Morgan fingerprint density at radius 1 is 1.04 bits per heavy atom. The van der Waals surface area contributed by atoms with Crippen LogP contribution in [0.25, 0.3) is 6.08 Å². The molecule has 138 valence electrons. The highest BCUT2D eigenvalue weighted by atomic mass is 16.6. The number of nitrogens with zero attached hydrogens (tertiary/aromatic N) is 1. The fourth-order valence-corrected chi connectivity index (χ4v) is 2.36. The summed E-state index contributed by atoms with van der Waals surface area (Å²) in [4.78, 5) is 23.9. The van der Waals surface area contributed by atoms with Crippen LogP contribution < -0.4 is 20.2 Å². The molecule has 7 nitrogen and oxygen atoms in total. The lowest BCUT2D eigenvalue weighted by Crippen LogP contribution is -2.34. The average Bonchev–Trinajstić information content (AvgIpc) is 2.72. The number of fused-ring (bicyclic) bond motifs is 1. The van der Waals surface area contributed by atoms with Gasteiger partial charge in [0, 0.05) is 11.8 Å². The largest absolute Gasteiger partial charge is 0.486 e. The highest BCUT2D eigenvalue weighted by Crippen LogP contribution is 2.30. The zero-order chi connectivity index (χ0) is 18.9. The van der Waals surface area contributed by atoms with Crippen molar-refractivity contribution in [2.75, 3.05) is 19.8 Å². The van der Waals surface area contributed by atoms with Gasteiger partial charge in [-0.25, -0.2) is 5.43 Å². The van der Waals surface area contributed by atoms with Crippen LogP contribution in [0.3, 0.4) is 0 Å². The summed E-state index contributed by atoms with van der Waals surface area (Å²) in [5.41, 5.74) is 3.77. The van der Waals surface area contributed by atoms with Gasteiger partial charge in [0.05, 0.1) is 6.54 Å². The molecule has 0 atom stereocenters. The number of benzene rings is 2. The van der Waals surface area contributed by atoms with Crippen molar-refractivity contribution in [3.63, 3.8) is 0 Å². The second kappa shape index (κ2) is 9.19. The molecule has 1 aliphatic heterocycles. The fraction of sp³-hybridized carbons (Fsp3) is 0.150. The fourth-order valence-electron chi connectivity index (χ4n) is 2.36. The van der Waals surface area contributed by atoms with E-state index in [4.69, 9.17) is 9.47 Å². The minimum absolute atomic E-state index is 0.187. The number of carbonyl (C=O) groups is 2. The number of amides is 2. The molecule has 0 bridgehead atoms. The van der Waals surface area contributed by atoms with Crippen LogP contribution in [-0.4, -0.2) is 37.8 Å². The van der Waals surface area contributed by atoms with Crippen LogP contribution in [0.5, 0.6) is 11.5 Å². The van der Waals surface area contributed by atoms with Gasteiger partial charge < -0.3 is 14.8 Å². The van der Waals surface area contributed by atoms with Crippen molar-refractivity contribution >= 4 is 24.1 Å². The SMILES string of the molecule is O=C(CNC(=O)c1ccc2c(c1)OCCO2)NN=CC=Cc1ccccc1. The number of rotatable bonds is 6. The molecule has 0 saturated heterocycles. The van der Waals surface area contributed by atoms with Gasteiger partial charge in [-0.1, -0.05) is 36.4 Å². The molecule has 0 fully saturated rings. The smallest absolute Gasteiger partial charge is 0.259 e. The van der Waals surface area contributed by atoms with Gasteiger partial charge in [0.25, 0.3) is 11.8 Å². The standard InChI is InChI=1S/C20H19N3O4/c24-19(23-22-10-4-7-15-5-2-1-3-6-15)14-21-20(25)16-8-9-17-18(13-16)27-12-11-26-17/h1-10,13H,11-12,14H2,(H,21,25)(H,23,24). The lowest BCUT2D eigenvalue weighted by molar-refractivity contribution is -0.120. The molecule has 2 N–H and O–H groups in total. The first kappa shape index (κ1) is 18.2. The van der Waals surface area contributed by atoms with E-state index in [0.717, 1.165) is 5.56 Å². The molecular formula is C20H19N3O4. The number of allylic oxidation sites excluding steroid dienone is 1. The molecule has 0 spiro atoms. The second-order valence-electron chi connectivity index (χ2n) is 5.62. The summed E-state index contributed by atoms with van der Waals surface area (Å²) >= 11 is 0. The maximum absolute atomic E-state index is 12.1. The molecule has 1 aliphatic rings. The van der Waals surface area contributed by atoms with E-state index < -0.39 is 5.91 Å². The Hall–Kier alpha value is -3.61. The summed E-state index contributed by atoms with van der Waals surface area (Å²) in [7, 11) is 0. The van der Waals surface area contributed by atoms with E-state index in [1.165, 1.54) is 6.21 Å². The van der Waals surface area contributed by atoms with Gasteiger partial charge in [-0.2, -0.15) is 5.10 Å². The van der Waals surface area contributed by atoms with Crippen molar-refractivity contribution in [2.45, 2.75) is 0 Å². The minimum atomic E-state index is -0.426. The Bertz CT molecular complexity index is 863. The third kappa shape index (κ3) is 5.43. The molecule has 2 amide bonds. The molecule has 2 aromatic rings. The minimum Gasteiger partial charge on any atom is -0.486 e. The first-order chi connectivity index (χ1) is 13.2. The molecule has 3 rings (SSSR count). The van der Waals surface area contributed by atoms with E-state index in [0.29, 0.717) is 30.3 Å². The lowest BCUT2D eigenvalue weighted by atomic mass is 10.2. The van der Waals surface area contributed by atoms with Gasteiger partial charge in [-0.3, -0.25) is 9.59 Å². The van der Waals surface area contributed by atoms with Crippen LogP contribution in [0.4, 0.5) is 0 Å². The quantitative estimate of drug-likeness (QED) is 0.605. The van der Waals surface area contributed by atoms with Crippen molar-refractivity contribution in [2.24, 2.45) is 5.10 Å². The summed E-state index contributed by atoms with van der Waals surface area (Å²) in [6, 6.07) is 14.6. The van der Waals surface area contributed by atoms with E-state index >= 15 is 0 Å². The summed E-state index contributed by atoms with van der Waals surface area (Å²) in [5.74, 6) is 0.321. The number of nitrogens with one attached hydrogen (secondary N) is 2. The first-order valence-corrected chi connectivity index (χ1v) is 8.44. The van der Waals surface area contributed by atoms with E-state index in [-0.39, 0.29) is 12.5 Å². The zero-order valence-electron chi connectivity index (χ0n) is 14.6. The molecule has 0 radical (unpaired) electrons. The van der Waals surface area contributed by atoms with E-state index in [9.17, 15) is 9.59 Å². The molecular weight excluding hydrogens is 346 g/mol. The van der Waals surface area contributed by atoms with Gasteiger partial charge in [-0.15, -0.1) is 0 Å². The zero-order valence-corrected chi connectivity index (χ0v) is 14.6. The van der Waals surface area contributed by atoms with Gasteiger partial charge in [0.1, 0.15) is 13.2 Å².